The van der Waals surface area contributed by atoms with Crippen LogP contribution in [0.25, 0.3) is 0 Å². The Bertz CT molecular complexity index is 579. The van der Waals surface area contributed by atoms with Crippen LogP contribution in [0, 0.1) is 0 Å². The number of ketones is 1. The average Bonchev–Trinajstić information content (AvgIpc) is 2.38. The number of fused-ring (bicyclic) bond motifs is 1. The van der Waals surface area contributed by atoms with E-state index in [4.69, 9.17) is 9.84 Å². The van der Waals surface area contributed by atoms with E-state index in [2.05, 4.69) is 15.9 Å². The minimum absolute atomic E-state index is 0.0718. The molecule has 0 radical (unpaired) electrons. The van der Waals surface area contributed by atoms with Gasteiger partial charge in [-0.2, -0.15) is 0 Å². The number of rotatable bonds is 0. The maximum Gasteiger partial charge on any atom is 0.407 e. The number of hydrogen-bond acceptors (Lipinski definition) is 3. The third kappa shape index (κ3) is 2.28. The highest BCUT2D eigenvalue weighted by atomic mass is 79.9. The summed E-state index contributed by atoms with van der Waals surface area (Å²) in [4.78, 5) is 24.6. The molecule has 2 heterocycles. The van der Waals surface area contributed by atoms with Gasteiger partial charge >= 0.3 is 6.09 Å². The van der Waals surface area contributed by atoms with Crippen LogP contribution in [0.2, 0.25) is 0 Å². The van der Waals surface area contributed by atoms with Crippen molar-refractivity contribution in [2.24, 2.45) is 0 Å². The Morgan fingerprint density at radius 2 is 2.05 bits per heavy atom. The number of carboxylic acid groups (broad SMARTS) is 1. The summed E-state index contributed by atoms with van der Waals surface area (Å²) in [6, 6.07) is 5.39. The summed E-state index contributed by atoms with van der Waals surface area (Å²) in [7, 11) is 0. The number of amides is 1. The van der Waals surface area contributed by atoms with Crippen LogP contribution in [0.15, 0.2) is 22.7 Å². The molecule has 0 unspecified atom stereocenters. The average molecular weight is 340 g/mol. The third-order valence-corrected chi connectivity index (χ3v) is 4.49. The predicted molar refractivity (Wildman–Crippen MR) is 75.3 cm³/mol. The van der Waals surface area contributed by atoms with Gasteiger partial charge in [0.25, 0.3) is 0 Å². The molecule has 1 N–H and O–H groups in total. The summed E-state index contributed by atoms with van der Waals surface area (Å²) in [5.41, 5.74) is 0.0658. The Balaban J connectivity index is 1.84. The largest absolute Gasteiger partial charge is 0.486 e. The van der Waals surface area contributed by atoms with Gasteiger partial charge in [-0.05, 0) is 18.2 Å². The number of halogens is 1. The van der Waals surface area contributed by atoms with Gasteiger partial charge in [-0.3, -0.25) is 4.79 Å². The van der Waals surface area contributed by atoms with Gasteiger partial charge in [0, 0.05) is 30.4 Å². The topological polar surface area (TPSA) is 66.8 Å². The highest BCUT2D eigenvalue weighted by molar-refractivity contribution is 9.10. The van der Waals surface area contributed by atoms with Crippen LogP contribution in [0.1, 0.15) is 29.6 Å². The quantitative estimate of drug-likeness (QED) is 0.789. The summed E-state index contributed by atoms with van der Waals surface area (Å²) in [6.07, 6.45) is 0.522. The summed E-state index contributed by atoms with van der Waals surface area (Å²) in [5, 5.41) is 8.98. The van der Waals surface area contributed by atoms with Crippen molar-refractivity contribution in [3.8, 4) is 5.75 Å². The second kappa shape index (κ2) is 4.77. The minimum Gasteiger partial charge on any atom is -0.486 e. The lowest BCUT2D eigenvalue weighted by Gasteiger charge is -2.43. The first-order valence-electron chi connectivity index (χ1n) is 6.49. The molecule has 1 saturated heterocycles. The number of hydrogen-bond donors (Lipinski definition) is 1. The van der Waals surface area contributed by atoms with Gasteiger partial charge in [-0.1, -0.05) is 15.9 Å². The Morgan fingerprint density at radius 3 is 2.70 bits per heavy atom. The molecule has 0 saturated carbocycles. The van der Waals surface area contributed by atoms with Gasteiger partial charge in [0.2, 0.25) is 0 Å². The fraction of sp³-hybridized carbons (Fsp3) is 0.429. The zero-order chi connectivity index (χ0) is 14.3. The number of ether oxygens (including phenoxy) is 1. The molecular formula is C14H14BrNO4. The number of likely N-dealkylation sites (tertiary alicyclic amines) is 1. The molecule has 6 heteroatoms. The van der Waals surface area contributed by atoms with Crippen LogP contribution < -0.4 is 4.74 Å². The number of nitrogens with zero attached hydrogens (tertiary/aromatic N) is 1. The van der Waals surface area contributed by atoms with Gasteiger partial charge in [-0.25, -0.2) is 4.79 Å². The molecule has 0 aliphatic carbocycles. The maximum atomic E-state index is 12.3. The summed E-state index contributed by atoms with van der Waals surface area (Å²) < 4.78 is 6.93. The first kappa shape index (κ1) is 13.4. The zero-order valence-corrected chi connectivity index (χ0v) is 12.4. The summed E-state index contributed by atoms with van der Waals surface area (Å²) in [5.74, 6) is 0.668. The van der Waals surface area contributed by atoms with Crippen LogP contribution in [-0.2, 0) is 0 Å². The van der Waals surface area contributed by atoms with Crippen LogP contribution in [-0.4, -0.2) is 40.6 Å². The van der Waals surface area contributed by atoms with Crippen molar-refractivity contribution < 1.29 is 19.4 Å². The lowest BCUT2D eigenvalue weighted by Crippen LogP contribution is -2.52. The van der Waals surface area contributed by atoms with Crippen molar-refractivity contribution in [1.29, 1.82) is 0 Å². The molecule has 1 fully saturated rings. The molecule has 1 spiro atoms. The number of carbonyl (C=O) groups is 2. The molecule has 5 nitrogen and oxygen atoms in total. The molecule has 0 aromatic heterocycles. The molecule has 0 atom stereocenters. The highest BCUT2D eigenvalue weighted by Crippen LogP contribution is 2.40. The van der Waals surface area contributed by atoms with E-state index < -0.39 is 11.7 Å². The lowest BCUT2D eigenvalue weighted by atomic mass is 9.82. The molecule has 2 aliphatic rings. The van der Waals surface area contributed by atoms with E-state index in [9.17, 15) is 9.59 Å². The zero-order valence-electron chi connectivity index (χ0n) is 10.8. The highest BCUT2D eigenvalue weighted by Gasteiger charge is 2.43. The Hall–Kier alpha value is -1.56. The van der Waals surface area contributed by atoms with Gasteiger partial charge in [-0.15, -0.1) is 0 Å². The molecule has 1 aromatic rings. The predicted octanol–water partition coefficient (Wildman–Crippen LogP) is 2.93. The van der Waals surface area contributed by atoms with Crippen LogP contribution in [0.5, 0.6) is 5.75 Å². The molecule has 106 valence electrons. The Kier molecular flexibility index (Phi) is 3.20. The van der Waals surface area contributed by atoms with Gasteiger partial charge in [0.1, 0.15) is 11.4 Å². The first-order valence-corrected chi connectivity index (χ1v) is 7.28. The van der Waals surface area contributed by atoms with Gasteiger partial charge < -0.3 is 14.7 Å². The molecular weight excluding hydrogens is 326 g/mol. The maximum absolute atomic E-state index is 12.3. The fourth-order valence-electron chi connectivity index (χ4n) is 2.85. The number of carbonyl (C=O) groups excluding carboxylic acids is 1. The van der Waals surface area contributed by atoms with Gasteiger partial charge in [0.05, 0.1) is 12.0 Å². The van der Waals surface area contributed by atoms with E-state index in [-0.39, 0.29) is 5.78 Å². The van der Waals surface area contributed by atoms with Crippen LogP contribution >= 0.6 is 15.9 Å². The fourth-order valence-corrected chi connectivity index (χ4v) is 3.19. The van der Waals surface area contributed by atoms with Crippen molar-refractivity contribution in [3.05, 3.63) is 28.2 Å². The van der Waals surface area contributed by atoms with Crippen LogP contribution in [0.3, 0.4) is 0 Å². The normalized spacial score (nSPS) is 20.4. The second-order valence-corrected chi connectivity index (χ2v) is 6.21. The van der Waals surface area contributed by atoms with E-state index >= 15 is 0 Å². The van der Waals surface area contributed by atoms with Crippen molar-refractivity contribution in [1.82, 2.24) is 4.90 Å². The van der Waals surface area contributed by atoms with Crippen molar-refractivity contribution >= 4 is 27.8 Å². The number of Topliss-reactive ketones (excluding diaryl/α,β-unsaturated/α-hetero) is 1. The minimum atomic E-state index is -0.912. The monoisotopic (exact) mass is 339 g/mol. The summed E-state index contributed by atoms with van der Waals surface area (Å²) in [6.45, 7) is 0.817. The van der Waals surface area contributed by atoms with Crippen molar-refractivity contribution in [2.75, 3.05) is 13.1 Å². The van der Waals surface area contributed by atoms with Crippen molar-refractivity contribution in [2.45, 2.75) is 24.9 Å². The SMILES string of the molecule is O=C1CC2(CCN(C(=O)O)CC2)Oc2cc(Br)ccc21. The third-order valence-electron chi connectivity index (χ3n) is 4.00. The number of piperidine rings is 1. The van der Waals surface area contributed by atoms with E-state index in [0.717, 1.165) is 4.47 Å². The lowest BCUT2D eigenvalue weighted by molar-refractivity contribution is -0.00523. The molecule has 2 aliphatic heterocycles. The molecule has 1 amide bonds. The number of benzene rings is 1. The summed E-state index contributed by atoms with van der Waals surface area (Å²) >= 11 is 3.37. The Morgan fingerprint density at radius 1 is 1.35 bits per heavy atom. The van der Waals surface area contributed by atoms with Gasteiger partial charge in [0.15, 0.2) is 5.78 Å². The smallest absolute Gasteiger partial charge is 0.407 e. The molecule has 20 heavy (non-hydrogen) atoms. The van der Waals surface area contributed by atoms with E-state index in [1.165, 1.54) is 4.90 Å². The second-order valence-electron chi connectivity index (χ2n) is 5.30. The van der Waals surface area contributed by atoms with E-state index in [1.54, 1.807) is 12.1 Å². The Labute approximate surface area is 124 Å². The molecule has 3 rings (SSSR count). The standard InChI is InChI=1S/C14H14BrNO4/c15-9-1-2-10-11(17)8-14(20-12(10)7-9)3-5-16(6-4-14)13(18)19/h1-2,7H,3-6,8H2,(H,18,19). The van der Waals surface area contributed by atoms with E-state index in [1.807, 2.05) is 6.07 Å². The van der Waals surface area contributed by atoms with Crippen molar-refractivity contribution in [3.63, 3.8) is 0 Å². The van der Waals surface area contributed by atoms with Crippen LogP contribution in [0.4, 0.5) is 4.79 Å². The molecule has 1 aromatic carbocycles. The van der Waals surface area contributed by atoms with E-state index in [0.29, 0.717) is 43.7 Å². The first-order chi connectivity index (χ1) is 9.49. The molecule has 0 bridgehead atoms.